The molecule has 3 aromatic rings. The van der Waals surface area contributed by atoms with Crippen LogP contribution in [0.2, 0.25) is 0 Å². The third-order valence-corrected chi connectivity index (χ3v) is 4.34. The molecule has 1 amide bonds. The van der Waals surface area contributed by atoms with Gasteiger partial charge in [-0.25, -0.2) is 0 Å². The van der Waals surface area contributed by atoms with Gasteiger partial charge >= 0.3 is 5.97 Å². The molecule has 0 saturated carbocycles. The topological polar surface area (TPSA) is 90.4 Å². The Bertz CT molecular complexity index is 941. The lowest BCUT2D eigenvalue weighted by molar-refractivity contribution is -0.147. The molecule has 7 nitrogen and oxygen atoms in total. The Labute approximate surface area is 160 Å². The van der Waals surface area contributed by atoms with E-state index >= 15 is 0 Å². The molecule has 0 aliphatic rings. The largest absolute Gasteiger partial charge is 0.494 e. The van der Waals surface area contributed by atoms with Crippen LogP contribution >= 0.6 is 11.7 Å². The minimum atomic E-state index is -0.440. The molecule has 0 bridgehead atoms. The van der Waals surface area contributed by atoms with Crippen LogP contribution in [0, 0.1) is 0 Å². The van der Waals surface area contributed by atoms with Crippen molar-refractivity contribution in [3.63, 3.8) is 0 Å². The standard InChI is InChI=1S/C19H19N3O4S/c1-2-25-16-9-4-3-6-13(16)10-11-18(24)26-12-17(23)20-14-7-5-8-15-19(14)22-27-21-15/h3-9H,2,10-12H2,1H3,(H,20,23). The number of ether oxygens (including phenoxy) is 2. The molecular formula is C19H19N3O4S. The van der Waals surface area contributed by atoms with E-state index in [2.05, 4.69) is 14.1 Å². The zero-order valence-corrected chi connectivity index (χ0v) is 15.6. The number of nitrogens with zero attached hydrogens (tertiary/aromatic N) is 2. The molecule has 3 rings (SSSR count). The molecule has 27 heavy (non-hydrogen) atoms. The number of carbonyl (C=O) groups excluding carboxylic acids is 2. The van der Waals surface area contributed by atoms with Crippen LogP contribution in [0.1, 0.15) is 18.9 Å². The predicted octanol–water partition coefficient (Wildman–Crippen LogP) is 3.20. The van der Waals surface area contributed by atoms with Gasteiger partial charge < -0.3 is 14.8 Å². The van der Waals surface area contributed by atoms with E-state index in [1.807, 2.05) is 37.3 Å². The molecule has 0 fully saturated rings. The summed E-state index contributed by atoms with van der Waals surface area (Å²) in [7, 11) is 0. The highest BCUT2D eigenvalue weighted by Crippen LogP contribution is 2.21. The summed E-state index contributed by atoms with van der Waals surface area (Å²) in [6, 6.07) is 12.9. The maximum Gasteiger partial charge on any atom is 0.306 e. The van der Waals surface area contributed by atoms with Crippen LogP contribution in [0.15, 0.2) is 42.5 Å². The first kappa shape index (κ1) is 18.8. The van der Waals surface area contributed by atoms with Gasteiger partial charge in [0.25, 0.3) is 5.91 Å². The fourth-order valence-corrected chi connectivity index (χ4v) is 3.10. The summed E-state index contributed by atoms with van der Waals surface area (Å²) in [5, 5.41) is 2.69. The Morgan fingerprint density at radius 3 is 2.81 bits per heavy atom. The highest BCUT2D eigenvalue weighted by molar-refractivity contribution is 7.00. The molecule has 0 aliphatic heterocycles. The molecule has 0 radical (unpaired) electrons. The number of fused-ring (bicyclic) bond motifs is 1. The number of para-hydroxylation sites is 1. The first-order valence-corrected chi connectivity index (χ1v) is 9.28. The highest BCUT2D eigenvalue weighted by Gasteiger charge is 2.12. The minimum absolute atomic E-state index is 0.170. The average molecular weight is 385 g/mol. The number of hydrogen-bond acceptors (Lipinski definition) is 7. The van der Waals surface area contributed by atoms with Gasteiger partial charge in [0.2, 0.25) is 0 Å². The number of carbonyl (C=O) groups is 2. The van der Waals surface area contributed by atoms with E-state index in [1.165, 1.54) is 0 Å². The van der Waals surface area contributed by atoms with Crippen LogP contribution in [0.4, 0.5) is 5.69 Å². The number of anilines is 1. The van der Waals surface area contributed by atoms with E-state index in [9.17, 15) is 9.59 Å². The van der Waals surface area contributed by atoms with Gasteiger partial charge in [-0.2, -0.15) is 8.75 Å². The van der Waals surface area contributed by atoms with Gasteiger partial charge in [0.05, 0.1) is 24.0 Å². The van der Waals surface area contributed by atoms with Crippen molar-refractivity contribution < 1.29 is 19.1 Å². The summed E-state index contributed by atoms with van der Waals surface area (Å²) in [4.78, 5) is 24.0. The van der Waals surface area contributed by atoms with Gasteiger partial charge in [0.15, 0.2) is 6.61 Å². The fraction of sp³-hybridized carbons (Fsp3) is 0.263. The van der Waals surface area contributed by atoms with Crippen LogP contribution in [0.5, 0.6) is 5.75 Å². The van der Waals surface area contributed by atoms with Gasteiger partial charge in [-0.1, -0.05) is 24.3 Å². The van der Waals surface area contributed by atoms with Crippen molar-refractivity contribution in [3.05, 3.63) is 48.0 Å². The number of benzene rings is 2. The third-order valence-electron chi connectivity index (χ3n) is 3.80. The molecule has 1 aromatic heterocycles. The molecule has 0 atom stereocenters. The highest BCUT2D eigenvalue weighted by atomic mass is 32.1. The summed E-state index contributed by atoms with van der Waals surface area (Å²) in [5.74, 6) is -0.0981. The number of aromatic nitrogens is 2. The average Bonchev–Trinajstić information content (AvgIpc) is 3.16. The second-order valence-corrected chi connectivity index (χ2v) is 6.22. The molecule has 140 valence electrons. The maximum atomic E-state index is 12.0. The Morgan fingerprint density at radius 1 is 1.11 bits per heavy atom. The van der Waals surface area contributed by atoms with Gasteiger partial charge in [0, 0.05) is 6.42 Å². The molecule has 0 unspecified atom stereocenters. The predicted molar refractivity (Wildman–Crippen MR) is 103 cm³/mol. The van der Waals surface area contributed by atoms with Gasteiger partial charge in [-0.05, 0) is 37.1 Å². The number of hydrogen-bond donors (Lipinski definition) is 1. The van der Waals surface area contributed by atoms with E-state index < -0.39 is 11.9 Å². The van der Waals surface area contributed by atoms with Crippen molar-refractivity contribution in [2.75, 3.05) is 18.5 Å². The molecule has 0 spiro atoms. The monoisotopic (exact) mass is 385 g/mol. The molecule has 8 heteroatoms. The lowest BCUT2D eigenvalue weighted by atomic mass is 10.1. The summed E-state index contributed by atoms with van der Waals surface area (Å²) in [5.41, 5.74) is 2.81. The molecule has 0 saturated heterocycles. The molecule has 1 N–H and O–H groups in total. The lowest BCUT2D eigenvalue weighted by Crippen LogP contribution is -2.21. The fourth-order valence-electron chi connectivity index (χ4n) is 2.55. The van der Waals surface area contributed by atoms with Gasteiger partial charge in [-0.3, -0.25) is 9.59 Å². The van der Waals surface area contributed by atoms with E-state index in [4.69, 9.17) is 9.47 Å². The van der Waals surface area contributed by atoms with Crippen molar-refractivity contribution >= 4 is 40.3 Å². The quantitative estimate of drug-likeness (QED) is 0.599. The number of aryl methyl sites for hydroxylation is 1. The normalized spacial score (nSPS) is 10.6. The Kier molecular flexibility index (Phi) is 6.32. The van der Waals surface area contributed by atoms with E-state index in [0.717, 1.165) is 23.0 Å². The number of nitrogens with one attached hydrogen (secondary N) is 1. The second kappa shape index (κ2) is 9.09. The number of amides is 1. The van der Waals surface area contributed by atoms with E-state index in [-0.39, 0.29) is 13.0 Å². The number of esters is 1. The maximum absolute atomic E-state index is 12.0. The van der Waals surface area contributed by atoms with Crippen LogP contribution in [0.25, 0.3) is 11.0 Å². The summed E-state index contributed by atoms with van der Waals surface area (Å²) in [6.45, 7) is 2.12. The first-order valence-electron chi connectivity index (χ1n) is 8.55. The Balaban J connectivity index is 1.48. The lowest BCUT2D eigenvalue weighted by Gasteiger charge is -2.10. The van der Waals surface area contributed by atoms with Gasteiger partial charge in [-0.15, -0.1) is 0 Å². The van der Waals surface area contributed by atoms with Crippen molar-refractivity contribution in [1.82, 2.24) is 8.75 Å². The summed E-state index contributed by atoms with van der Waals surface area (Å²) < 4.78 is 18.9. The Morgan fingerprint density at radius 2 is 1.96 bits per heavy atom. The zero-order chi connectivity index (χ0) is 19.1. The molecule has 2 aromatic carbocycles. The summed E-state index contributed by atoms with van der Waals surface area (Å²) >= 11 is 1.07. The first-order chi connectivity index (χ1) is 13.2. The van der Waals surface area contributed by atoms with E-state index in [1.54, 1.807) is 12.1 Å². The van der Waals surface area contributed by atoms with Gasteiger partial charge in [0.1, 0.15) is 16.8 Å². The molecular weight excluding hydrogens is 366 g/mol. The van der Waals surface area contributed by atoms with Crippen molar-refractivity contribution in [3.8, 4) is 5.75 Å². The van der Waals surface area contributed by atoms with Crippen molar-refractivity contribution in [2.45, 2.75) is 19.8 Å². The van der Waals surface area contributed by atoms with Crippen molar-refractivity contribution in [1.29, 1.82) is 0 Å². The van der Waals surface area contributed by atoms with Crippen LogP contribution in [-0.2, 0) is 20.7 Å². The third kappa shape index (κ3) is 5.01. The number of rotatable bonds is 8. The van der Waals surface area contributed by atoms with E-state index in [0.29, 0.717) is 29.7 Å². The SMILES string of the molecule is CCOc1ccccc1CCC(=O)OCC(=O)Nc1cccc2nsnc12. The molecule has 1 heterocycles. The van der Waals surface area contributed by atoms with Crippen LogP contribution in [0.3, 0.4) is 0 Å². The van der Waals surface area contributed by atoms with Crippen molar-refractivity contribution in [2.24, 2.45) is 0 Å². The summed E-state index contributed by atoms with van der Waals surface area (Å²) in [6.07, 6.45) is 0.656. The zero-order valence-electron chi connectivity index (χ0n) is 14.8. The Hall–Kier alpha value is -3.00. The smallest absolute Gasteiger partial charge is 0.306 e. The van der Waals surface area contributed by atoms with Crippen LogP contribution < -0.4 is 10.1 Å². The van der Waals surface area contributed by atoms with Crippen LogP contribution in [-0.4, -0.2) is 33.8 Å². The molecule has 0 aliphatic carbocycles. The minimum Gasteiger partial charge on any atom is -0.494 e. The second-order valence-electron chi connectivity index (χ2n) is 5.69.